The highest BCUT2D eigenvalue weighted by Gasteiger charge is 2.23. The minimum absolute atomic E-state index is 0.0557. The molecule has 30 heavy (non-hydrogen) atoms. The molecule has 0 radical (unpaired) electrons. The van der Waals surface area contributed by atoms with Crippen LogP contribution in [0.2, 0.25) is 0 Å². The van der Waals surface area contributed by atoms with Gasteiger partial charge in [0.1, 0.15) is 5.82 Å². The molecule has 0 bridgehead atoms. The van der Waals surface area contributed by atoms with Crippen LogP contribution in [0.3, 0.4) is 0 Å². The van der Waals surface area contributed by atoms with Crippen LogP contribution in [0.4, 0.5) is 4.39 Å². The monoisotopic (exact) mass is 406 g/mol. The maximum absolute atomic E-state index is 15.0. The molecule has 2 aromatic rings. The van der Waals surface area contributed by atoms with Crippen molar-refractivity contribution in [1.82, 2.24) is 0 Å². The van der Waals surface area contributed by atoms with Crippen LogP contribution in [0.25, 0.3) is 11.1 Å². The molecule has 2 aromatic carbocycles. The first-order chi connectivity index (χ1) is 14.6. The molecule has 0 heterocycles. The van der Waals surface area contributed by atoms with Gasteiger partial charge < -0.3 is 0 Å². The highest BCUT2D eigenvalue weighted by molar-refractivity contribution is 5.65. The number of benzene rings is 2. The minimum Gasteiger partial charge on any atom is -0.206 e. The van der Waals surface area contributed by atoms with Crippen molar-refractivity contribution in [3.63, 3.8) is 0 Å². The van der Waals surface area contributed by atoms with E-state index in [9.17, 15) is 0 Å². The molecule has 2 aliphatic rings. The summed E-state index contributed by atoms with van der Waals surface area (Å²) in [5.41, 5.74) is 4.40. The van der Waals surface area contributed by atoms with E-state index in [1.807, 2.05) is 12.1 Å². The number of hydrogen-bond acceptors (Lipinski definition) is 0. The first kappa shape index (κ1) is 21.6. The predicted molar refractivity (Wildman–Crippen MR) is 126 cm³/mol. The lowest BCUT2D eigenvalue weighted by atomic mass is 9.77. The first-order valence-corrected chi connectivity index (χ1v) is 12.5. The standard InChI is InChI=1S/C29H39F/c1-3-4-5-22-8-12-25(13-9-22)27-18-19-28(29(30)20-27)26-16-14-24(15-17-26)23-10-6-21(2)7-11-23/h14-23,25H,3-13H2,1-2H3. The molecule has 0 unspecified atom stereocenters. The highest BCUT2D eigenvalue weighted by atomic mass is 19.1. The average Bonchev–Trinajstić information content (AvgIpc) is 2.79. The summed E-state index contributed by atoms with van der Waals surface area (Å²) >= 11 is 0. The van der Waals surface area contributed by atoms with Gasteiger partial charge >= 0.3 is 0 Å². The van der Waals surface area contributed by atoms with E-state index < -0.39 is 0 Å². The van der Waals surface area contributed by atoms with Crippen LogP contribution in [0.5, 0.6) is 0 Å². The molecular weight excluding hydrogens is 367 g/mol. The van der Waals surface area contributed by atoms with Crippen LogP contribution in [-0.4, -0.2) is 0 Å². The van der Waals surface area contributed by atoms with Crippen LogP contribution in [0, 0.1) is 17.7 Å². The Kier molecular flexibility index (Phi) is 7.28. The second-order valence-corrected chi connectivity index (χ2v) is 10.2. The zero-order chi connectivity index (χ0) is 20.9. The van der Waals surface area contributed by atoms with E-state index in [-0.39, 0.29) is 5.82 Å². The number of rotatable bonds is 6. The second-order valence-electron chi connectivity index (χ2n) is 10.2. The van der Waals surface area contributed by atoms with Gasteiger partial charge in [-0.3, -0.25) is 0 Å². The second kappa shape index (κ2) is 10.1. The Bertz CT molecular complexity index is 790. The van der Waals surface area contributed by atoms with Crippen molar-refractivity contribution in [3.05, 3.63) is 59.4 Å². The first-order valence-electron chi connectivity index (χ1n) is 12.5. The summed E-state index contributed by atoms with van der Waals surface area (Å²) in [6.07, 6.45) is 14.4. The van der Waals surface area contributed by atoms with Crippen molar-refractivity contribution < 1.29 is 4.39 Å². The summed E-state index contributed by atoms with van der Waals surface area (Å²) in [5, 5.41) is 0. The Labute approximate surface area is 183 Å². The fourth-order valence-corrected chi connectivity index (χ4v) is 5.82. The normalized spacial score (nSPS) is 27.2. The van der Waals surface area contributed by atoms with Gasteiger partial charge in [-0.1, -0.05) is 82.3 Å². The Morgan fingerprint density at radius 1 is 0.767 bits per heavy atom. The van der Waals surface area contributed by atoms with Crippen LogP contribution in [0.1, 0.15) is 107 Å². The molecule has 0 aromatic heterocycles. The molecule has 0 spiro atoms. The van der Waals surface area contributed by atoms with Crippen molar-refractivity contribution in [3.8, 4) is 11.1 Å². The van der Waals surface area contributed by atoms with Crippen LogP contribution >= 0.6 is 0 Å². The van der Waals surface area contributed by atoms with Gasteiger partial charge in [-0.2, -0.15) is 0 Å². The maximum Gasteiger partial charge on any atom is 0.131 e. The lowest BCUT2D eigenvalue weighted by Crippen LogP contribution is -2.13. The van der Waals surface area contributed by atoms with Crippen molar-refractivity contribution >= 4 is 0 Å². The van der Waals surface area contributed by atoms with Crippen LogP contribution in [0.15, 0.2) is 42.5 Å². The molecule has 0 saturated heterocycles. The van der Waals surface area contributed by atoms with E-state index in [0.29, 0.717) is 11.8 Å². The third-order valence-corrected chi connectivity index (χ3v) is 7.99. The number of halogens is 1. The quantitative estimate of drug-likeness (QED) is 0.448. The molecule has 2 saturated carbocycles. The largest absolute Gasteiger partial charge is 0.206 e. The molecule has 0 N–H and O–H groups in total. The summed E-state index contributed by atoms with van der Waals surface area (Å²) in [7, 11) is 0. The zero-order valence-electron chi connectivity index (χ0n) is 19.0. The smallest absolute Gasteiger partial charge is 0.131 e. The number of unbranched alkanes of at least 4 members (excludes halogenated alkanes) is 1. The molecule has 162 valence electrons. The highest BCUT2D eigenvalue weighted by Crippen LogP contribution is 2.39. The summed E-state index contributed by atoms with van der Waals surface area (Å²) < 4.78 is 15.0. The van der Waals surface area contributed by atoms with Crippen LogP contribution in [-0.2, 0) is 0 Å². The van der Waals surface area contributed by atoms with E-state index in [4.69, 9.17) is 0 Å². The van der Waals surface area contributed by atoms with E-state index >= 15 is 4.39 Å². The Morgan fingerprint density at radius 3 is 2.00 bits per heavy atom. The van der Waals surface area contributed by atoms with Gasteiger partial charge in [-0.15, -0.1) is 0 Å². The van der Waals surface area contributed by atoms with E-state index in [1.165, 1.54) is 81.8 Å². The SMILES string of the molecule is CCCCC1CCC(c2ccc(-c3ccc(C4CCC(C)CC4)cc3)c(F)c2)CC1. The Balaban J connectivity index is 1.40. The van der Waals surface area contributed by atoms with Gasteiger partial charge in [0.2, 0.25) is 0 Å². The summed E-state index contributed by atoms with van der Waals surface area (Å²) in [4.78, 5) is 0. The third-order valence-electron chi connectivity index (χ3n) is 7.99. The molecule has 0 amide bonds. The van der Waals surface area contributed by atoms with Gasteiger partial charge in [0.15, 0.2) is 0 Å². The molecule has 2 fully saturated rings. The average molecular weight is 407 g/mol. The van der Waals surface area contributed by atoms with Crippen LogP contribution < -0.4 is 0 Å². The maximum atomic E-state index is 15.0. The van der Waals surface area contributed by atoms with Gasteiger partial charge in [-0.05, 0) is 85.0 Å². The molecule has 4 rings (SSSR count). The Morgan fingerprint density at radius 2 is 1.37 bits per heavy atom. The minimum atomic E-state index is -0.0557. The molecule has 0 aliphatic heterocycles. The molecule has 0 nitrogen and oxygen atoms in total. The lowest BCUT2D eigenvalue weighted by Gasteiger charge is -2.29. The van der Waals surface area contributed by atoms with Gasteiger partial charge in [0.05, 0.1) is 0 Å². The van der Waals surface area contributed by atoms with E-state index in [1.54, 1.807) is 0 Å². The predicted octanol–water partition coefficient (Wildman–Crippen LogP) is 9.25. The Hall–Kier alpha value is -1.63. The summed E-state index contributed by atoms with van der Waals surface area (Å²) in [6.45, 7) is 4.64. The van der Waals surface area contributed by atoms with Crippen molar-refractivity contribution in [2.24, 2.45) is 11.8 Å². The summed E-state index contributed by atoms with van der Waals surface area (Å²) in [5.74, 6) is 2.95. The fraction of sp³-hybridized carbons (Fsp3) is 0.586. The molecule has 2 aliphatic carbocycles. The van der Waals surface area contributed by atoms with Gasteiger partial charge in [-0.25, -0.2) is 4.39 Å². The van der Waals surface area contributed by atoms with E-state index in [2.05, 4.69) is 44.2 Å². The van der Waals surface area contributed by atoms with E-state index in [0.717, 1.165) is 23.0 Å². The van der Waals surface area contributed by atoms with Gasteiger partial charge in [0, 0.05) is 5.56 Å². The lowest BCUT2D eigenvalue weighted by molar-refractivity contribution is 0.304. The third kappa shape index (κ3) is 5.16. The van der Waals surface area contributed by atoms with Crippen molar-refractivity contribution in [2.45, 2.75) is 96.3 Å². The van der Waals surface area contributed by atoms with Crippen molar-refractivity contribution in [1.29, 1.82) is 0 Å². The topological polar surface area (TPSA) is 0 Å². The number of hydrogen-bond donors (Lipinski definition) is 0. The van der Waals surface area contributed by atoms with Crippen molar-refractivity contribution in [2.75, 3.05) is 0 Å². The fourth-order valence-electron chi connectivity index (χ4n) is 5.82. The van der Waals surface area contributed by atoms with Gasteiger partial charge in [0.25, 0.3) is 0 Å². The molecule has 1 heteroatoms. The zero-order valence-corrected chi connectivity index (χ0v) is 19.0. The molecule has 0 atom stereocenters. The molecular formula is C29H39F. The summed E-state index contributed by atoms with van der Waals surface area (Å²) in [6, 6.07) is 14.8.